The minimum Gasteiger partial charge on any atom is -0.472 e. The number of furan rings is 1. The Morgan fingerprint density at radius 1 is 1.27 bits per heavy atom. The highest BCUT2D eigenvalue weighted by Crippen LogP contribution is 2.10. The first-order valence-electron chi connectivity index (χ1n) is 7.55. The second-order valence-electron chi connectivity index (χ2n) is 5.46. The Morgan fingerprint density at radius 2 is 2.09 bits per heavy atom. The van der Waals surface area contributed by atoms with E-state index in [2.05, 4.69) is 15.1 Å². The smallest absolute Gasteiger partial charge is 0.257 e. The van der Waals surface area contributed by atoms with Gasteiger partial charge in [0.15, 0.2) is 0 Å². The SMILES string of the molecule is Cc1nnc(CCCN2CCN(C(=O)c3ccoc3)CC2)o1. The summed E-state index contributed by atoms with van der Waals surface area (Å²) in [6, 6.07) is 1.71. The van der Waals surface area contributed by atoms with E-state index in [-0.39, 0.29) is 5.91 Å². The summed E-state index contributed by atoms with van der Waals surface area (Å²) in [6.07, 6.45) is 4.82. The van der Waals surface area contributed by atoms with Crippen LogP contribution >= 0.6 is 0 Å². The van der Waals surface area contributed by atoms with Gasteiger partial charge < -0.3 is 13.7 Å². The third-order valence-electron chi connectivity index (χ3n) is 3.86. The van der Waals surface area contributed by atoms with Crippen molar-refractivity contribution in [1.82, 2.24) is 20.0 Å². The van der Waals surface area contributed by atoms with Gasteiger partial charge in [-0.2, -0.15) is 0 Å². The lowest BCUT2D eigenvalue weighted by molar-refractivity contribution is 0.0635. The lowest BCUT2D eigenvalue weighted by atomic mass is 10.2. The molecule has 0 aromatic carbocycles. The average Bonchev–Trinajstić information content (AvgIpc) is 3.19. The molecule has 0 atom stereocenters. The molecule has 0 aliphatic carbocycles. The molecule has 0 N–H and O–H groups in total. The van der Waals surface area contributed by atoms with Crippen molar-refractivity contribution in [2.24, 2.45) is 0 Å². The molecule has 1 aliphatic heterocycles. The Morgan fingerprint density at radius 3 is 2.73 bits per heavy atom. The van der Waals surface area contributed by atoms with Gasteiger partial charge in [0.1, 0.15) is 6.26 Å². The lowest BCUT2D eigenvalue weighted by Crippen LogP contribution is -2.48. The van der Waals surface area contributed by atoms with E-state index >= 15 is 0 Å². The van der Waals surface area contributed by atoms with Gasteiger partial charge in [-0.05, 0) is 19.0 Å². The first-order chi connectivity index (χ1) is 10.7. The number of rotatable bonds is 5. The van der Waals surface area contributed by atoms with Crippen LogP contribution in [-0.2, 0) is 6.42 Å². The quantitative estimate of drug-likeness (QED) is 0.830. The molecular weight excluding hydrogens is 284 g/mol. The maximum absolute atomic E-state index is 12.2. The van der Waals surface area contributed by atoms with Crippen LogP contribution in [0.4, 0.5) is 0 Å². The van der Waals surface area contributed by atoms with Gasteiger partial charge in [-0.1, -0.05) is 0 Å². The fourth-order valence-corrected chi connectivity index (χ4v) is 2.64. The van der Waals surface area contributed by atoms with Crippen LogP contribution in [0.1, 0.15) is 28.6 Å². The highest BCUT2D eigenvalue weighted by Gasteiger charge is 2.22. The van der Waals surface area contributed by atoms with Crippen LogP contribution < -0.4 is 0 Å². The minimum absolute atomic E-state index is 0.0507. The van der Waals surface area contributed by atoms with Crippen molar-refractivity contribution in [2.45, 2.75) is 19.8 Å². The van der Waals surface area contributed by atoms with Crippen molar-refractivity contribution in [2.75, 3.05) is 32.7 Å². The number of amides is 1. The molecule has 0 bridgehead atoms. The molecule has 3 heterocycles. The Hall–Kier alpha value is -2.15. The zero-order chi connectivity index (χ0) is 15.4. The molecule has 1 aliphatic rings. The summed E-state index contributed by atoms with van der Waals surface area (Å²) in [5.41, 5.74) is 0.625. The van der Waals surface area contributed by atoms with Crippen LogP contribution in [0.25, 0.3) is 0 Å². The summed E-state index contributed by atoms with van der Waals surface area (Å²) < 4.78 is 10.3. The van der Waals surface area contributed by atoms with Crippen LogP contribution in [0.15, 0.2) is 27.4 Å². The lowest BCUT2D eigenvalue weighted by Gasteiger charge is -2.34. The highest BCUT2D eigenvalue weighted by molar-refractivity contribution is 5.93. The summed E-state index contributed by atoms with van der Waals surface area (Å²) in [7, 11) is 0. The van der Waals surface area contributed by atoms with Gasteiger partial charge in [0.25, 0.3) is 5.91 Å². The number of nitrogens with zero attached hydrogens (tertiary/aromatic N) is 4. The fourth-order valence-electron chi connectivity index (χ4n) is 2.64. The second kappa shape index (κ2) is 6.74. The van der Waals surface area contributed by atoms with E-state index in [1.807, 2.05) is 4.90 Å². The average molecular weight is 304 g/mol. The molecule has 3 rings (SSSR count). The van der Waals surface area contributed by atoms with Gasteiger partial charge in [0, 0.05) is 39.5 Å². The van der Waals surface area contributed by atoms with Gasteiger partial charge in [-0.15, -0.1) is 10.2 Å². The molecule has 2 aromatic rings. The molecule has 0 unspecified atom stereocenters. The zero-order valence-electron chi connectivity index (χ0n) is 12.7. The molecule has 2 aromatic heterocycles. The predicted molar refractivity (Wildman–Crippen MR) is 78.4 cm³/mol. The second-order valence-corrected chi connectivity index (χ2v) is 5.46. The van der Waals surface area contributed by atoms with Crippen LogP contribution in [0.5, 0.6) is 0 Å². The van der Waals surface area contributed by atoms with Crippen molar-refractivity contribution in [3.05, 3.63) is 35.9 Å². The monoisotopic (exact) mass is 304 g/mol. The van der Waals surface area contributed by atoms with Gasteiger partial charge in [-0.3, -0.25) is 9.69 Å². The third-order valence-corrected chi connectivity index (χ3v) is 3.86. The van der Waals surface area contributed by atoms with Gasteiger partial charge in [0.2, 0.25) is 11.8 Å². The zero-order valence-corrected chi connectivity index (χ0v) is 12.7. The Kier molecular flexibility index (Phi) is 4.53. The van der Waals surface area contributed by atoms with E-state index in [0.717, 1.165) is 45.6 Å². The number of carbonyl (C=O) groups excluding carboxylic acids is 1. The summed E-state index contributed by atoms with van der Waals surface area (Å²) >= 11 is 0. The van der Waals surface area contributed by atoms with Crippen LogP contribution in [0, 0.1) is 6.92 Å². The Labute approximate surface area is 128 Å². The number of hydrogen-bond acceptors (Lipinski definition) is 6. The van der Waals surface area contributed by atoms with Gasteiger partial charge in [-0.25, -0.2) is 0 Å². The van der Waals surface area contributed by atoms with E-state index in [4.69, 9.17) is 8.83 Å². The molecule has 0 radical (unpaired) electrons. The third kappa shape index (κ3) is 3.54. The number of hydrogen-bond donors (Lipinski definition) is 0. The summed E-state index contributed by atoms with van der Waals surface area (Å²) in [6.45, 7) is 6.08. The summed E-state index contributed by atoms with van der Waals surface area (Å²) in [5.74, 6) is 1.36. The molecule has 1 fully saturated rings. The van der Waals surface area contributed by atoms with Crippen molar-refractivity contribution < 1.29 is 13.6 Å². The molecule has 118 valence electrons. The van der Waals surface area contributed by atoms with E-state index in [9.17, 15) is 4.79 Å². The Bertz CT molecular complexity index is 600. The molecule has 7 heteroatoms. The molecule has 0 spiro atoms. The molecule has 7 nitrogen and oxygen atoms in total. The molecule has 22 heavy (non-hydrogen) atoms. The van der Waals surface area contributed by atoms with Crippen LogP contribution in [0.3, 0.4) is 0 Å². The normalized spacial score (nSPS) is 16.1. The standard InChI is InChI=1S/C15H20N4O3/c1-12-16-17-14(22-12)3-2-5-18-6-8-19(9-7-18)15(20)13-4-10-21-11-13/h4,10-11H,2-3,5-9H2,1H3. The number of carbonyl (C=O) groups is 1. The molecule has 1 amide bonds. The van der Waals surface area contributed by atoms with E-state index < -0.39 is 0 Å². The molecular formula is C15H20N4O3. The highest BCUT2D eigenvalue weighted by atomic mass is 16.4. The first kappa shape index (κ1) is 14.8. The number of aryl methyl sites for hydroxylation is 2. The van der Waals surface area contributed by atoms with Crippen molar-refractivity contribution in [3.63, 3.8) is 0 Å². The topological polar surface area (TPSA) is 75.6 Å². The maximum Gasteiger partial charge on any atom is 0.257 e. The van der Waals surface area contributed by atoms with Gasteiger partial charge >= 0.3 is 0 Å². The number of piperazine rings is 1. The maximum atomic E-state index is 12.2. The van der Waals surface area contributed by atoms with Crippen molar-refractivity contribution in [1.29, 1.82) is 0 Å². The fraction of sp³-hybridized carbons (Fsp3) is 0.533. The van der Waals surface area contributed by atoms with E-state index in [0.29, 0.717) is 17.3 Å². The summed E-state index contributed by atoms with van der Waals surface area (Å²) in [4.78, 5) is 16.4. The van der Waals surface area contributed by atoms with E-state index in [1.54, 1.807) is 13.0 Å². The summed E-state index contributed by atoms with van der Waals surface area (Å²) in [5, 5.41) is 7.82. The van der Waals surface area contributed by atoms with Gasteiger partial charge in [0.05, 0.1) is 11.8 Å². The van der Waals surface area contributed by atoms with Crippen LogP contribution in [-0.4, -0.2) is 58.6 Å². The largest absolute Gasteiger partial charge is 0.472 e. The first-order valence-corrected chi connectivity index (χ1v) is 7.55. The minimum atomic E-state index is 0.0507. The molecule has 1 saturated heterocycles. The molecule has 0 saturated carbocycles. The van der Waals surface area contributed by atoms with E-state index in [1.165, 1.54) is 12.5 Å². The van der Waals surface area contributed by atoms with Crippen LogP contribution in [0.2, 0.25) is 0 Å². The van der Waals surface area contributed by atoms with Crippen molar-refractivity contribution >= 4 is 5.91 Å². The Balaban J connectivity index is 1.39. The number of aromatic nitrogens is 2. The predicted octanol–water partition coefficient (Wildman–Crippen LogP) is 1.36. The van der Waals surface area contributed by atoms with Crippen molar-refractivity contribution in [3.8, 4) is 0 Å².